The summed E-state index contributed by atoms with van der Waals surface area (Å²) in [4.78, 5) is 9.08. The van der Waals surface area contributed by atoms with Crippen molar-refractivity contribution < 1.29 is 20.1 Å². The van der Waals surface area contributed by atoms with E-state index in [-0.39, 0.29) is 20.1 Å². The molecule has 5 heteroatoms. The molecule has 0 atom stereocenters. The van der Waals surface area contributed by atoms with E-state index in [9.17, 15) is 0 Å². The summed E-state index contributed by atoms with van der Waals surface area (Å²) in [7, 11) is 0. The summed E-state index contributed by atoms with van der Waals surface area (Å²) in [5.74, 6) is 0.912. The molecule has 0 aliphatic rings. The van der Waals surface area contributed by atoms with Crippen molar-refractivity contribution in [3.05, 3.63) is 64.9 Å². The van der Waals surface area contributed by atoms with Gasteiger partial charge in [-0.2, -0.15) is 0 Å². The molecular weight excluding hydrogens is 495 g/mol. The zero-order valence-electron chi connectivity index (χ0n) is 13.6. The molecule has 0 unspecified atom stereocenters. The van der Waals surface area contributed by atoms with Crippen LogP contribution >= 0.6 is 11.3 Å². The molecule has 0 fully saturated rings. The predicted octanol–water partition coefficient (Wildman–Crippen LogP) is 4.87. The van der Waals surface area contributed by atoms with Crippen LogP contribution in [0.5, 0.6) is 0 Å². The number of aryl methyl sites for hydroxylation is 3. The van der Waals surface area contributed by atoms with Crippen LogP contribution in [0.4, 0.5) is 0 Å². The zero-order valence-corrected chi connectivity index (χ0v) is 16.8. The summed E-state index contributed by atoms with van der Waals surface area (Å²) in [5.41, 5.74) is 5.65. The van der Waals surface area contributed by atoms with Crippen molar-refractivity contribution in [3.63, 3.8) is 0 Å². The number of thiazole rings is 1. The Kier molecular flexibility index (Phi) is 4.68. The molecule has 3 nitrogen and oxygen atoms in total. The zero-order chi connectivity index (χ0) is 16.0. The molecule has 1 radical (unpaired) electrons. The second-order valence-electron chi connectivity index (χ2n) is 5.69. The van der Waals surface area contributed by atoms with E-state index in [1.807, 2.05) is 25.4 Å². The van der Waals surface area contributed by atoms with E-state index in [4.69, 9.17) is 0 Å². The van der Waals surface area contributed by atoms with E-state index in [1.54, 1.807) is 11.3 Å². The molecule has 2 aromatic carbocycles. The van der Waals surface area contributed by atoms with Gasteiger partial charge in [0.25, 0.3) is 0 Å². The summed E-state index contributed by atoms with van der Waals surface area (Å²) in [6.07, 6.45) is 3.86. The number of aromatic nitrogens is 3. The molecule has 0 aliphatic heterocycles. The quantitative estimate of drug-likeness (QED) is 0.360. The van der Waals surface area contributed by atoms with Gasteiger partial charge in [-0.1, -0.05) is 18.2 Å². The molecule has 4 aromatic rings. The van der Waals surface area contributed by atoms with E-state index >= 15 is 0 Å². The van der Waals surface area contributed by atoms with Crippen molar-refractivity contribution in [2.45, 2.75) is 20.8 Å². The van der Waals surface area contributed by atoms with Crippen LogP contribution in [-0.4, -0.2) is 14.5 Å². The Hall–Kier alpha value is -1.81. The number of fused-ring (bicyclic) bond motifs is 1. The monoisotopic (exact) mass is 511 g/mol. The third-order valence-corrected chi connectivity index (χ3v) is 4.92. The van der Waals surface area contributed by atoms with Crippen molar-refractivity contribution in [3.8, 4) is 17.1 Å². The van der Waals surface area contributed by atoms with Gasteiger partial charge in [-0.15, -0.1) is 35.1 Å². The third-order valence-electron chi connectivity index (χ3n) is 3.99. The van der Waals surface area contributed by atoms with Gasteiger partial charge in [0.05, 0.1) is 10.8 Å². The van der Waals surface area contributed by atoms with Crippen molar-refractivity contribution >= 4 is 21.6 Å². The van der Waals surface area contributed by atoms with Gasteiger partial charge in [0.2, 0.25) is 0 Å². The number of para-hydroxylation sites is 1. The van der Waals surface area contributed by atoms with Crippen LogP contribution in [0.15, 0.2) is 42.7 Å². The van der Waals surface area contributed by atoms with Gasteiger partial charge in [0.1, 0.15) is 0 Å². The molecular formula is C19H16IrN3S-. The van der Waals surface area contributed by atoms with Crippen LogP contribution < -0.4 is 0 Å². The number of nitrogens with zero attached hydrogens (tertiary/aromatic N) is 3. The SMILES string of the molecule is Cc1nc2c[c-]c(-c3nccn3-c3c(C)cccc3C)cc2s1.[Ir]. The standard InChI is InChI=1S/C19H16N3S.Ir/c1-12-5-4-6-13(2)18(12)22-10-9-20-19(22)15-7-8-16-17(11-15)23-14(3)21-16;/h4-6,8-11H,1-3H3;/q-1;. The topological polar surface area (TPSA) is 30.7 Å². The maximum absolute atomic E-state index is 4.57. The van der Waals surface area contributed by atoms with Crippen molar-refractivity contribution in [1.82, 2.24) is 14.5 Å². The Bertz CT molecular complexity index is 996. The molecule has 2 aromatic heterocycles. The first-order valence-electron chi connectivity index (χ1n) is 7.52. The van der Waals surface area contributed by atoms with Crippen LogP contribution in [-0.2, 0) is 20.1 Å². The van der Waals surface area contributed by atoms with Crippen molar-refractivity contribution in [2.75, 3.05) is 0 Å². The van der Waals surface area contributed by atoms with Crippen LogP contribution in [0.2, 0.25) is 0 Å². The minimum Gasteiger partial charge on any atom is -0.340 e. The Morgan fingerprint density at radius 1 is 1.12 bits per heavy atom. The maximum Gasteiger partial charge on any atom is 0.0779 e. The molecule has 4 rings (SSSR count). The van der Waals surface area contributed by atoms with Crippen molar-refractivity contribution in [2.24, 2.45) is 0 Å². The average Bonchev–Trinajstić information content (AvgIpc) is 3.11. The minimum absolute atomic E-state index is 0. The third kappa shape index (κ3) is 2.84. The summed E-state index contributed by atoms with van der Waals surface area (Å²) in [6.45, 7) is 6.29. The van der Waals surface area contributed by atoms with Gasteiger partial charge >= 0.3 is 0 Å². The number of hydrogen-bond donors (Lipinski definition) is 0. The minimum atomic E-state index is 0. The molecule has 0 bridgehead atoms. The average molecular weight is 511 g/mol. The Morgan fingerprint density at radius 3 is 2.62 bits per heavy atom. The van der Waals surface area contributed by atoms with Gasteiger partial charge in [-0.3, -0.25) is 9.97 Å². The largest absolute Gasteiger partial charge is 0.340 e. The molecule has 24 heavy (non-hydrogen) atoms. The first kappa shape index (κ1) is 17.0. The summed E-state index contributed by atoms with van der Waals surface area (Å²) < 4.78 is 3.32. The number of rotatable bonds is 2. The van der Waals surface area contributed by atoms with Gasteiger partial charge < -0.3 is 4.57 Å². The van der Waals surface area contributed by atoms with Crippen LogP contribution in [0.25, 0.3) is 27.3 Å². The van der Waals surface area contributed by atoms with E-state index < -0.39 is 0 Å². The van der Waals surface area contributed by atoms with Gasteiger partial charge in [-0.05, 0) is 42.1 Å². The van der Waals surface area contributed by atoms with E-state index in [2.05, 4.69) is 58.7 Å². The Balaban J connectivity index is 0.00000169. The molecule has 0 saturated heterocycles. The van der Waals surface area contributed by atoms with Gasteiger partial charge in [-0.25, -0.2) is 0 Å². The fraction of sp³-hybridized carbons (Fsp3) is 0.158. The molecule has 0 saturated carbocycles. The summed E-state index contributed by atoms with van der Waals surface area (Å²) in [5, 5.41) is 1.07. The fourth-order valence-electron chi connectivity index (χ4n) is 2.98. The number of imidazole rings is 1. The van der Waals surface area contributed by atoms with Gasteiger partial charge in [0.15, 0.2) is 0 Å². The fourth-order valence-corrected chi connectivity index (χ4v) is 3.83. The summed E-state index contributed by atoms with van der Waals surface area (Å²) in [6, 6.07) is 13.8. The van der Waals surface area contributed by atoms with E-state index in [0.717, 1.165) is 21.9 Å². The van der Waals surface area contributed by atoms with Crippen LogP contribution in [0.3, 0.4) is 0 Å². The van der Waals surface area contributed by atoms with E-state index in [0.29, 0.717) is 0 Å². The molecule has 0 aliphatic carbocycles. The summed E-state index contributed by atoms with van der Waals surface area (Å²) >= 11 is 1.70. The normalized spacial score (nSPS) is 10.8. The second kappa shape index (κ2) is 6.59. The molecule has 123 valence electrons. The smallest absolute Gasteiger partial charge is 0.0779 e. The molecule has 0 N–H and O–H groups in total. The second-order valence-corrected chi connectivity index (χ2v) is 6.93. The number of hydrogen-bond acceptors (Lipinski definition) is 3. The van der Waals surface area contributed by atoms with Gasteiger partial charge in [0, 0.05) is 38.2 Å². The molecule has 0 spiro atoms. The Morgan fingerprint density at radius 2 is 1.88 bits per heavy atom. The maximum atomic E-state index is 4.57. The molecule has 2 heterocycles. The van der Waals surface area contributed by atoms with Crippen molar-refractivity contribution in [1.29, 1.82) is 0 Å². The van der Waals surface area contributed by atoms with E-state index in [1.165, 1.54) is 21.5 Å². The number of benzene rings is 2. The predicted molar refractivity (Wildman–Crippen MR) is 95.2 cm³/mol. The molecule has 0 amide bonds. The first-order valence-corrected chi connectivity index (χ1v) is 8.34. The van der Waals surface area contributed by atoms with Crippen LogP contribution in [0.1, 0.15) is 16.1 Å². The first-order chi connectivity index (χ1) is 11.1. The van der Waals surface area contributed by atoms with Crippen LogP contribution in [0, 0.1) is 26.8 Å². The Labute approximate surface area is 158 Å².